The monoisotopic (exact) mass is 727 g/mol. The molecule has 3 heterocycles. The van der Waals surface area contributed by atoms with Crippen molar-refractivity contribution in [3.05, 3.63) is 206 Å². The molecule has 0 fully saturated rings. The van der Waals surface area contributed by atoms with Gasteiger partial charge in [0.1, 0.15) is 11.5 Å². The molecule has 0 radical (unpaired) electrons. The normalized spacial score (nSPS) is 12.3. The van der Waals surface area contributed by atoms with Gasteiger partial charge in [0.05, 0.1) is 16.9 Å². The maximum absolute atomic E-state index is 7.39. The molecule has 0 bridgehead atoms. The first kappa shape index (κ1) is 31.8. The topological polar surface area (TPSA) is 20.6 Å². The number of nitrogens with zero attached hydrogens (tertiary/aromatic N) is 3. The highest BCUT2D eigenvalue weighted by molar-refractivity contribution is 7.00. The van der Waals surface area contributed by atoms with Crippen molar-refractivity contribution < 1.29 is 4.74 Å². The lowest BCUT2D eigenvalue weighted by molar-refractivity contribution is 0.488. The zero-order valence-electron chi connectivity index (χ0n) is 31.0. The first-order valence-corrected chi connectivity index (χ1v) is 19.6. The van der Waals surface area contributed by atoms with Crippen LogP contribution in [-0.2, 0) is 0 Å². The van der Waals surface area contributed by atoms with Crippen LogP contribution in [0, 0.1) is 0 Å². The SMILES string of the molecule is c1ccc(N(c2ccccc2)c2cc3c4c(c2)-n2c5ccccc5c5cccc(c52)B4c2c(cc(N(c4ccccc4)c4ccccc4)c4ccccc24)O3)cc1. The molecule has 9 aromatic carbocycles. The largest absolute Gasteiger partial charge is 0.458 e. The summed E-state index contributed by atoms with van der Waals surface area (Å²) in [4.78, 5) is 4.70. The Morgan fingerprint density at radius 3 is 1.53 bits per heavy atom. The fourth-order valence-electron chi connectivity index (χ4n) is 9.49. The Hall–Kier alpha value is -7.50. The number of aromatic nitrogens is 1. The zero-order valence-corrected chi connectivity index (χ0v) is 31.0. The minimum atomic E-state index is -0.0592. The van der Waals surface area contributed by atoms with Crippen molar-refractivity contribution in [2.45, 2.75) is 0 Å². The summed E-state index contributed by atoms with van der Waals surface area (Å²) in [6.45, 7) is -0.0592. The summed E-state index contributed by atoms with van der Waals surface area (Å²) in [5.41, 5.74) is 13.7. The predicted octanol–water partition coefficient (Wildman–Crippen LogP) is 11.8. The molecule has 57 heavy (non-hydrogen) atoms. The Morgan fingerprint density at radius 2 is 0.895 bits per heavy atom. The van der Waals surface area contributed by atoms with E-state index in [0.717, 1.165) is 51.3 Å². The van der Waals surface area contributed by atoms with Crippen molar-refractivity contribution in [3.63, 3.8) is 0 Å². The van der Waals surface area contributed by atoms with Crippen LogP contribution in [0.25, 0.3) is 38.3 Å². The van der Waals surface area contributed by atoms with E-state index >= 15 is 0 Å². The number of para-hydroxylation sites is 6. The highest BCUT2D eigenvalue weighted by Gasteiger charge is 2.42. The molecule has 12 rings (SSSR count). The second-order valence-corrected chi connectivity index (χ2v) is 14.9. The van der Waals surface area contributed by atoms with Gasteiger partial charge < -0.3 is 19.1 Å². The quantitative estimate of drug-likeness (QED) is 0.159. The summed E-state index contributed by atoms with van der Waals surface area (Å²) in [5, 5.41) is 4.87. The molecule has 4 nitrogen and oxygen atoms in total. The maximum Gasteiger partial charge on any atom is 0.257 e. The number of hydrogen-bond donors (Lipinski definition) is 0. The van der Waals surface area contributed by atoms with Gasteiger partial charge in [0.2, 0.25) is 0 Å². The Labute approximate surface area is 331 Å². The third-order valence-electron chi connectivity index (χ3n) is 11.8. The van der Waals surface area contributed by atoms with E-state index in [1.165, 1.54) is 49.0 Å². The molecule has 1 aromatic heterocycles. The molecule has 2 aliphatic heterocycles. The molecule has 266 valence electrons. The van der Waals surface area contributed by atoms with Crippen LogP contribution in [0.4, 0.5) is 34.1 Å². The molecule has 0 amide bonds. The van der Waals surface area contributed by atoms with Crippen LogP contribution in [0.2, 0.25) is 0 Å². The summed E-state index contributed by atoms with van der Waals surface area (Å²) >= 11 is 0. The Bertz CT molecular complexity index is 3090. The minimum Gasteiger partial charge on any atom is -0.458 e. The fourth-order valence-corrected chi connectivity index (χ4v) is 9.49. The third kappa shape index (κ3) is 4.76. The highest BCUT2D eigenvalue weighted by Crippen LogP contribution is 2.46. The van der Waals surface area contributed by atoms with Crippen molar-refractivity contribution in [3.8, 4) is 17.2 Å². The fraction of sp³-hybridized carbons (Fsp3) is 0. The van der Waals surface area contributed by atoms with Gasteiger partial charge in [-0.3, -0.25) is 0 Å². The van der Waals surface area contributed by atoms with Gasteiger partial charge >= 0.3 is 0 Å². The van der Waals surface area contributed by atoms with Gasteiger partial charge in [0.25, 0.3) is 6.71 Å². The van der Waals surface area contributed by atoms with Crippen molar-refractivity contribution >= 4 is 89.8 Å². The summed E-state index contributed by atoms with van der Waals surface area (Å²) in [6, 6.07) is 74.0. The molecule has 0 N–H and O–H groups in total. The second-order valence-electron chi connectivity index (χ2n) is 14.9. The lowest BCUT2D eigenvalue weighted by Gasteiger charge is -2.37. The molecular formula is C52H34BN3O. The first-order chi connectivity index (χ1) is 28.3. The lowest BCUT2D eigenvalue weighted by Crippen LogP contribution is -2.58. The summed E-state index contributed by atoms with van der Waals surface area (Å²) < 4.78 is 9.88. The summed E-state index contributed by atoms with van der Waals surface area (Å²) in [5.74, 6) is 1.73. The predicted molar refractivity (Wildman–Crippen MR) is 239 cm³/mol. The van der Waals surface area contributed by atoms with Crippen molar-refractivity contribution in [2.75, 3.05) is 9.80 Å². The van der Waals surface area contributed by atoms with Crippen molar-refractivity contribution in [2.24, 2.45) is 0 Å². The van der Waals surface area contributed by atoms with E-state index < -0.39 is 0 Å². The molecule has 0 unspecified atom stereocenters. The molecule has 2 aliphatic rings. The van der Waals surface area contributed by atoms with Crippen LogP contribution < -0.4 is 30.9 Å². The van der Waals surface area contributed by atoms with Crippen molar-refractivity contribution in [1.82, 2.24) is 4.57 Å². The van der Waals surface area contributed by atoms with Crippen LogP contribution in [-0.4, -0.2) is 11.3 Å². The molecule has 5 heteroatoms. The number of anilines is 6. The van der Waals surface area contributed by atoms with Gasteiger partial charge in [-0.05, 0) is 82.4 Å². The molecule has 0 saturated heterocycles. The number of fused-ring (bicyclic) bond motifs is 9. The molecule has 0 atom stereocenters. The van der Waals surface area contributed by atoms with E-state index in [9.17, 15) is 0 Å². The number of ether oxygens (including phenoxy) is 1. The second kappa shape index (κ2) is 12.5. The van der Waals surface area contributed by atoms with Crippen LogP contribution in [0.15, 0.2) is 206 Å². The number of benzene rings is 9. The van der Waals surface area contributed by atoms with Gasteiger partial charge in [-0.2, -0.15) is 0 Å². The standard InChI is InChI=1S/C52H34BN3O/c1-5-18-35(19-6-1)54(36-20-7-2-8-21-36)39-32-47-51-48(33-39)57-49-34-46(55(37-22-9-3-10-23-37)38-24-11-4-12-25-38)40-26-13-14-28-42(40)50(49)53(51)44-30-17-29-43-41-27-15-16-31-45(41)56(47)52(43)44/h1-34H. The summed E-state index contributed by atoms with van der Waals surface area (Å²) in [6.07, 6.45) is 0. The maximum atomic E-state index is 7.39. The van der Waals surface area contributed by atoms with E-state index in [2.05, 4.69) is 221 Å². The first-order valence-electron chi connectivity index (χ1n) is 19.6. The molecule has 0 aliphatic carbocycles. The number of hydrogen-bond acceptors (Lipinski definition) is 3. The third-order valence-corrected chi connectivity index (χ3v) is 11.8. The average Bonchev–Trinajstić information content (AvgIpc) is 3.62. The highest BCUT2D eigenvalue weighted by atomic mass is 16.5. The van der Waals surface area contributed by atoms with E-state index in [4.69, 9.17) is 4.74 Å². The van der Waals surface area contributed by atoms with E-state index in [1.54, 1.807) is 0 Å². The molecule has 10 aromatic rings. The van der Waals surface area contributed by atoms with Crippen LogP contribution in [0.3, 0.4) is 0 Å². The van der Waals surface area contributed by atoms with Gasteiger partial charge in [0, 0.05) is 62.2 Å². The van der Waals surface area contributed by atoms with Gasteiger partial charge in [-0.25, -0.2) is 0 Å². The number of rotatable bonds is 6. The zero-order chi connectivity index (χ0) is 37.5. The minimum absolute atomic E-state index is 0.0592. The van der Waals surface area contributed by atoms with Gasteiger partial charge in [0.15, 0.2) is 0 Å². The lowest BCUT2D eigenvalue weighted by atomic mass is 9.34. The van der Waals surface area contributed by atoms with Crippen molar-refractivity contribution in [1.29, 1.82) is 0 Å². The Kier molecular flexibility index (Phi) is 6.99. The van der Waals surface area contributed by atoms with Crippen LogP contribution in [0.1, 0.15) is 0 Å². The van der Waals surface area contributed by atoms with Crippen LogP contribution >= 0.6 is 0 Å². The smallest absolute Gasteiger partial charge is 0.257 e. The average molecular weight is 728 g/mol. The van der Waals surface area contributed by atoms with E-state index in [-0.39, 0.29) is 6.71 Å². The van der Waals surface area contributed by atoms with E-state index in [0.29, 0.717) is 0 Å². The summed E-state index contributed by atoms with van der Waals surface area (Å²) in [7, 11) is 0. The Morgan fingerprint density at radius 1 is 0.386 bits per heavy atom. The van der Waals surface area contributed by atoms with Crippen LogP contribution in [0.5, 0.6) is 11.5 Å². The Balaban J connectivity index is 1.19. The van der Waals surface area contributed by atoms with Gasteiger partial charge in [-0.1, -0.05) is 133 Å². The molecule has 0 spiro atoms. The molecule has 0 saturated carbocycles. The van der Waals surface area contributed by atoms with E-state index in [1.807, 2.05) is 0 Å². The van der Waals surface area contributed by atoms with Gasteiger partial charge in [-0.15, -0.1) is 0 Å². The molecular weight excluding hydrogens is 693 g/mol.